The number of carbonyl (C=O) groups excluding carboxylic acids is 2. The van der Waals surface area contributed by atoms with Crippen LogP contribution in [-0.4, -0.2) is 18.5 Å². The smallest absolute Gasteiger partial charge is 0.338 e. The van der Waals surface area contributed by atoms with E-state index in [-0.39, 0.29) is 11.9 Å². The lowest BCUT2D eigenvalue weighted by Crippen LogP contribution is -2.10. The molecule has 0 bridgehead atoms. The Morgan fingerprint density at radius 2 is 1.90 bits per heavy atom. The standard InChI is InChI=1S/C14H11Br2NO3S/c1-2-20-14(19)8-3-5-9(6-4-8)17-13(18)11-7-10(15)12(16)21-11/h3-7H,2H2,1H3,(H,17,18). The molecule has 0 spiro atoms. The summed E-state index contributed by atoms with van der Waals surface area (Å²) in [5.41, 5.74) is 1.07. The molecule has 1 amide bonds. The Labute approximate surface area is 142 Å². The molecule has 0 atom stereocenters. The molecule has 0 aliphatic rings. The molecule has 0 aliphatic carbocycles. The number of anilines is 1. The van der Waals surface area contributed by atoms with E-state index in [9.17, 15) is 9.59 Å². The van der Waals surface area contributed by atoms with Crippen LogP contribution in [0.5, 0.6) is 0 Å². The minimum absolute atomic E-state index is 0.199. The highest BCUT2D eigenvalue weighted by molar-refractivity contribution is 9.13. The Morgan fingerprint density at radius 3 is 2.43 bits per heavy atom. The summed E-state index contributed by atoms with van der Waals surface area (Å²) in [5.74, 6) is -0.572. The molecule has 1 N–H and O–H groups in total. The van der Waals surface area contributed by atoms with Crippen LogP contribution < -0.4 is 5.32 Å². The minimum atomic E-state index is -0.374. The molecule has 0 radical (unpaired) electrons. The summed E-state index contributed by atoms with van der Waals surface area (Å²) in [6.45, 7) is 2.09. The van der Waals surface area contributed by atoms with Crippen LogP contribution in [0.4, 0.5) is 5.69 Å². The van der Waals surface area contributed by atoms with E-state index in [4.69, 9.17) is 4.74 Å². The van der Waals surface area contributed by atoms with Crippen LogP contribution in [0.3, 0.4) is 0 Å². The Hall–Kier alpha value is -1.18. The monoisotopic (exact) mass is 431 g/mol. The van der Waals surface area contributed by atoms with Crippen molar-refractivity contribution in [2.24, 2.45) is 0 Å². The second kappa shape index (κ2) is 7.20. The lowest BCUT2D eigenvalue weighted by atomic mass is 10.2. The van der Waals surface area contributed by atoms with Crippen molar-refractivity contribution in [3.8, 4) is 0 Å². The third-order valence-corrected chi connectivity index (χ3v) is 5.78. The van der Waals surface area contributed by atoms with Crippen molar-refractivity contribution in [2.45, 2.75) is 6.92 Å². The Balaban J connectivity index is 2.06. The zero-order valence-corrected chi connectivity index (χ0v) is 15.0. The zero-order chi connectivity index (χ0) is 15.4. The van der Waals surface area contributed by atoms with Crippen molar-refractivity contribution in [2.75, 3.05) is 11.9 Å². The van der Waals surface area contributed by atoms with Gasteiger partial charge in [-0.05, 0) is 69.1 Å². The number of halogens is 2. The van der Waals surface area contributed by atoms with E-state index < -0.39 is 0 Å². The highest BCUT2D eigenvalue weighted by Crippen LogP contribution is 2.32. The van der Waals surface area contributed by atoms with Crippen LogP contribution in [0.1, 0.15) is 27.0 Å². The van der Waals surface area contributed by atoms with Crippen LogP contribution in [0.2, 0.25) is 0 Å². The predicted octanol–water partition coefficient (Wildman–Crippen LogP) is 4.70. The molecule has 0 fully saturated rings. The second-order valence-corrected chi connectivity index (χ2v) is 7.21. The minimum Gasteiger partial charge on any atom is -0.462 e. The third kappa shape index (κ3) is 4.15. The van der Waals surface area contributed by atoms with Crippen molar-refractivity contribution in [3.05, 3.63) is 49.0 Å². The fourth-order valence-corrected chi connectivity index (χ4v) is 3.49. The number of nitrogens with one attached hydrogen (secondary N) is 1. The number of esters is 1. The first kappa shape index (κ1) is 16.2. The molecule has 4 nitrogen and oxygen atoms in total. The normalized spacial score (nSPS) is 10.2. The number of carbonyl (C=O) groups is 2. The Kier molecular flexibility index (Phi) is 5.55. The van der Waals surface area contributed by atoms with E-state index in [1.165, 1.54) is 11.3 Å². The van der Waals surface area contributed by atoms with Crippen molar-refractivity contribution in [3.63, 3.8) is 0 Å². The van der Waals surface area contributed by atoms with Crippen molar-refractivity contribution >= 4 is 60.8 Å². The average molecular weight is 433 g/mol. The van der Waals surface area contributed by atoms with Gasteiger partial charge in [-0.2, -0.15) is 0 Å². The van der Waals surface area contributed by atoms with Crippen LogP contribution in [0, 0.1) is 0 Å². The number of amides is 1. The number of hydrogen-bond donors (Lipinski definition) is 1. The molecule has 0 saturated carbocycles. The van der Waals surface area contributed by atoms with Crippen molar-refractivity contribution < 1.29 is 14.3 Å². The molecule has 0 unspecified atom stereocenters. The van der Waals surface area contributed by atoms with E-state index in [1.54, 1.807) is 37.3 Å². The molecule has 0 aliphatic heterocycles. The van der Waals surface area contributed by atoms with Gasteiger partial charge in [-0.1, -0.05) is 0 Å². The van der Waals surface area contributed by atoms with Gasteiger partial charge in [0.25, 0.3) is 5.91 Å². The summed E-state index contributed by atoms with van der Waals surface area (Å²) in [4.78, 5) is 24.2. The molecule has 21 heavy (non-hydrogen) atoms. The molecule has 1 aromatic heterocycles. The van der Waals surface area contributed by atoms with Gasteiger partial charge in [-0.3, -0.25) is 4.79 Å². The first-order valence-corrected chi connectivity index (χ1v) is 8.45. The quantitative estimate of drug-likeness (QED) is 0.712. The van der Waals surface area contributed by atoms with Gasteiger partial charge in [0.15, 0.2) is 0 Å². The summed E-state index contributed by atoms with van der Waals surface area (Å²) in [5, 5.41) is 2.77. The maximum Gasteiger partial charge on any atom is 0.338 e. The number of benzene rings is 1. The van der Waals surface area contributed by atoms with Crippen LogP contribution in [-0.2, 0) is 4.74 Å². The molecule has 0 saturated heterocycles. The molecular weight excluding hydrogens is 422 g/mol. The van der Waals surface area contributed by atoms with Gasteiger partial charge >= 0.3 is 5.97 Å². The van der Waals surface area contributed by atoms with Gasteiger partial charge in [-0.25, -0.2) is 4.79 Å². The first-order chi connectivity index (χ1) is 10.0. The van der Waals surface area contributed by atoms with Gasteiger partial charge in [0.2, 0.25) is 0 Å². The van der Waals surface area contributed by atoms with Gasteiger partial charge in [0.05, 0.1) is 20.8 Å². The van der Waals surface area contributed by atoms with Gasteiger partial charge in [0, 0.05) is 10.2 Å². The van der Waals surface area contributed by atoms with Gasteiger partial charge < -0.3 is 10.1 Å². The highest BCUT2D eigenvalue weighted by atomic mass is 79.9. The van der Waals surface area contributed by atoms with E-state index in [0.29, 0.717) is 22.7 Å². The number of thiophene rings is 1. The summed E-state index contributed by atoms with van der Waals surface area (Å²) < 4.78 is 6.61. The summed E-state index contributed by atoms with van der Waals surface area (Å²) in [7, 11) is 0. The van der Waals surface area contributed by atoms with E-state index in [2.05, 4.69) is 37.2 Å². The SMILES string of the molecule is CCOC(=O)c1ccc(NC(=O)c2cc(Br)c(Br)s2)cc1. The van der Waals surface area contributed by atoms with Crippen LogP contribution in [0.25, 0.3) is 0 Å². The second-order valence-electron chi connectivity index (χ2n) is 3.98. The first-order valence-electron chi connectivity index (χ1n) is 6.04. The fourth-order valence-electron chi connectivity index (χ4n) is 1.56. The predicted molar refractivity (Wildman–Crippen MR) is 90.1 cm³/mol. The zero-order valence-electron chi connectivity index (χ0n) is 11.0. The fraction of sp³-hybridized carbons (Fsp3) is 0.143. The molecule has 7 heteroatoms. The summed E-state index contributed by atoms with van der Waals surface area (Å²) in [6, 6.07) is 8.32. The number of rotatable bonds is 4. The topological polar surface area (TPSA) is 55.4 Å². The molecule has 110 valence electrons. The van der Waals surface area contributed by atoms with E-state index in [0.717, 1.165) is 8.26 Å². The lowest BCUT2D eigenvalue weighted by Gasteiger charge is -2.05. The molecule has 1 heterocycles. The Bertz CT molecular complexity index is 648. The maximum atomic E-state index is 12.1. The highest BCUT2D eigenvalue weighted by Gasteiger charge is 2.12. The van der Waals surface area contributed by atoms with Gasteiger partial charge in [-0.15, -0.1) is 11.3 Å². The van der Waals surface area contributed by atoms with Crippen LogP contribution in [0.15, 0.2) is 38.6 Å². The molecule has 1 aromatic carbocycles. The number of hydrogen-bond acceptors (Lipinski definition) is 4. The summed E-state index contributed by atoms with van der Waals surface area (Å²) in [6.07, 6.45) is 0. The van der Waals surface area contributed by atoms with Crippen molar-refractivity contribution in [1.82, 2.24) is 0 Å². The Morgan fingerprint density at radius 1 is 1.24 bits per heavy atom. The van der Waals surface area contributed by atoms with E-state index >= 15 is 0 Å². The molecule has 2 rings (SSSR count). The summed E-state index contributed by atoms with van der Waals surface area (Å²) >= 11 is 8.03. The van der Waals surface area contributed by atoms with Gasteiger partial charge in [0.1, 0.15) is 0 Å². The van der Waals surface area contributed by atoms with Crippen molar-refractivity contribution in [1.29, 1.82) is 0 Å². The largest absolute Gasteiger partial charge is 0.462 e. The molecule has 2 aromatic rings. The average Bonchev–Trinajstić information content (AvgIpc) is 2.80. The van der Waals surface area contributed by atoms with E-state index in [1.807, 2.05) is 0 Å². The lowest BCUT2D eigenvalue weighted by molar-refractivity contribution is 0.0526. The van der Waals surface area contributed by atoms with Crippen LogP contribution >= 0.6 is 43.2 Å². The number of ether oxygens (including phenoxy) is 1. The maximum absolute atomic E-state index is 12.1. The molecular formula is C14H11Br2NO3S. The third-order valence-electron chi connectivity index (χ3n) is 2.52.